The van der Waals surface area contributed by atoms with E-state index in [0.717, 1.165) is 18.5 Å². The lowest BCUT2D eigenvalue weighted by molar-refractivity contribution is -0.143. The van der Waals surface area contributed by atoms with Gasteiger partial charge < -0.3 is 10.0 Å². The molecule has 1 aromatic carbocycles. The molecule has 0 aliphatic carbocycles. The smallest absolute Gasteiger partial charge is 0.306 e. The van der Waals surface area contributed by atoms with Gasteiger partial charge in [0.2, 0.25) is 5.91 Å². The van der Waals surface area contributed by atoms with E-state index in [1.54, 1.807) is 29.2 Å². The number of benzene rings is 1. The van der Waals surface area contributed by atoms with Gasteiger partial charge in [-0.25, -0.2) is 0 Å². The fourth-order valence-electron chi connectivity index (χ4n) is 2.86. The molecule has 1 fully saturated rings. The Morgan fingerprint density at radius 2 is 2.05 bits per heavy atom. The highest BCUT2D eigenvalue weighted by Crippen LogP contribution is 2.32. The zero-order chi connectivity index (χ0) is 15.4. The van der Waals surface area contributed by atoms with Crippen LogP contribution >= 0.6 is 24.0 Å². The molecule has 1 N–H and O–H groups in total. The zero-order valence-electron chi connectivity index (χ0n) is 12.5. The second-order valence-corrected chi connectivity index (χ2v) is 5.97. The highest BCUT2D eigenvalue weighted by molar-refractivity contribution is 6.30. The molecule has 0 spiro atoms. The first kappa shape index (κ1) is 18.8. The maximum atomic E-state index is 12.2. The first-order valence-corrected chi connectivity index (χ1v) is 7.69. The van der Waals surface area contributed by atoms with E-state index in [9.17, 15) is 14.7 Å². The summed E-state index contributed by atoms with van der Waals surface area (Å²) in [6.07, 6.45) is 2.79. The first-order chi connectivity index (χ1) is 10.0. The second kappa shape index (κ2) is 8.39. The van der Waals surface area contributed by atoms with E-state index < -0.39 is 11.9 Å². The van der Waals surface area contributed by atoms with E-state index in [0.29, 0.717) is 24.4 Å². The topological polar surface area (TPSA) is 57.6 Å². The third-order valence-electron chi connectivity index (χ3n) is 4.05. The number of hydrogen-bond donors (Lipinski definition) is 1. The molecule has 1 aromatic rings. The van der Waals surface area contributed by atoms with Crippen molar-refractivity contribution in [2.75, 3.05) is 11.4 Å². The van der Waals surface area contributed by atoms with Gasteiger partial charge in [0.15, 0.2) is 0 Å². The third kappa shape index (κ3) is 4.37. The van der Waals surface area contributed by atoms with Crippen LogP contribution in [0.1, 0.15) is 32.6 Å². The molecule has 1 amide bonds. The molecule has 0 bridgehead atoms. The van der Waals surface area contributed by atoms with Crippen LogP contribution in [0.15, 0.2) is 24.3 Å². The van der Waals surface area contributed by atoms with Crippen molar-refractivity contribution in [1.82, 2.24) is 0 Å². The Balaban J connectivity index is 0.00000242. The lowest BCUT2D eigenvalue weighted by atomic mass is 9.87. The van der Waals surface area contributed by atoms with Crippen molar-refractivity contribution in [2.24, 2.45) is 11.8 Å². The number of halogens is 2. The number of amides is 1. The molecular formula is C16H21Cl2NO3. The largest absolute Gasteiger partial charge is 0.481 e. The number of carbonyl (C=O) groups is 2. The van der Waals surface area contributed by atoms with Crippen LogP contribution in [-0.2, 0) is 9.59 Å². The van der Waals surface area contributed by atoms with Gasteiger partial charge in [0.05, 0.1) is 5.92 Å². The SMILES string of the molecule is CCCCC(C(=O)O)C1CC(=O)N(c2ccc(Cl)cc2)C1.Cl. The molecule has 0 radical (unpaired) electrons. The molecule has 2 atom stereocenters. The number of unbranched alkanes of at least 4 members (excludes halogenated alkanes) is 1. The molecule has 1 saturated heterocycles. The monoisotopic (exact) mass is 345 g/mol. The van der Waals surface area contributed by atoms with Crippen LogP contribution < -0.4 is 4.90 Å². The number of rotatable bonds is 6. The lowest BCUT2D eigenvalue weighted by Gasteiger charge is -2.20. The number of hydrogen-bond acceptors (Lipinski definition) is 2. The second-order valence-electron chi connectivity index (χ2n) is 5.53. The molecule has 1 aliphatic rings. The number of nitrogens with zero attached hydrogens (tertiary/aromatic N) is 1. The van der Waals surface area contributed by atoms with Crippen LogP contribution in [0.5, 0.6) is 0 Å². The third-order valence-corrected chi connectivity index (χ3v) is 4.30. The van der Waals surface area contributed by atoms with Crippen LogP contribution in [0.25, 0.3) is 0 Å². The molecule has 2 unspecified atom stereocenters. The Hall–Kier alpha value is -1.26. The molecule has 2 rings (SSSR count). The van der Waals surface area contributed by atoms with Crippen molar-refractivity contribution in [3.8, 4) is 0 Å². The summed E-state index contributed by atoms with van der Waals surface area (Å²) in [6.45, 7) is 2.51. The lowest BCUT2D eigenvalue weighted by Crippen LogP contribution is -2.28. The van der Waals surface area contributed by atoms with Gasteiger partial charge in [-0.2, -0.15) is 0 Å². The van der Waals surface area contributed by atoms with Crippen LogP contribution in [0.2, 0.25) is 5.02 Å². The minimum atomic E-state index is -0.792. The van der Waals surface area contributed by atoms with Crippen molar-refractivity contribution in [3.63, 3.8) is 0 Å². The van der Waals surface area contributed by atoms with Crippen LogP contribution in [-0.4, -0.2) is 23.5 Å². The number of aliphatic carboxylic acids is 1. The molecule has 22 heavy (non-hydrogen) atoms. The zero-order valence-corrected chi connectivity index (χ0v) is 14.1. The molecule has 122 valence electrons. The van der Waals surface area contributed by atoms with Gasteiger partial charge in [-0.05, 0) is 36.6 Å². The predicted molar refractivity (Wildman–Crippen MR) is 89.8 cm³/mol. The number of carboxylic acids is 1. The van der Waals surface area contributed by atoms with E-state index in [-0.39, 0.29) is 24.2 Å². The summed E-state index contributed by atoms with van der Waals surface area (Å²) in [6, 6.07) is 7.07. The van der Waals surface area contributed by atoms with Crippen molar-refractivity contribution >= 4 is 41.6 Å². The normalized spacial score (nSPS) is 18.9. The predicted octanol–water partition coefficient (Wildman–Crippen LogP) is 4.01. The van der Waals surface area contributed by atoms with Gasteiger partial charge in [0, 0.05) is 23.7 Å². The summed E-state index contributed by atoms with van der Waals surface area (Å²) in [5.41, 5.74) is 0.784. The summed E-state index contributed by atoms with van der Waals surface area (Å²) in [5.74, 6) is -1.35. The summed E-state index contributed by atoms with van der Waals surface area (Å²) in [5, 5.41) is 10.0. The van der Waals surface area contributed by atoms with E-state index in [1.807, 2.05) is 6.92 Å². The molecule has 1 heterocycles. The maximum absolute atomic E-state index is 12.2. The first-order valence-electron chi connectivity index (χ1n) is 7.31. The van der Waals surface area contributed by atoms with E-state index in [1.165, 1.54) is 0 Å². The quantitative estimate of drug-likeness (QED) is 0.847. The van der Waals surface area contributed by atoms with E-state index >= 15 is 0 Å². The Morgan fingerprint density at radius 3 is 2.59 bits per heavy atom. The fourth-order valence-corrected chi connectivity index (χ4v) is 2.99. The Bertz CT molecular complexity index is 519. The highest BCUT2D eigenvalue weighted by Gasteiger charge is 2.38. The minimum Gasteiger partial charge on any atom is -0.481 e. The van der Waals surface area contributed by atoms with Crippen LogP contribution in [0, 0.1) is 11.8 Å². The van der Waals surface area contributed by atoms with Crippen LogP contribution in [0.3, 0.4) is 0 Å². The summed E-state index contributed by atoms with van der Waals surface area (Å²) in [4.78, 5) is 25.3. The molecule has 1 aliphatic heterocycles. The molecule has 0 saturated carbocycles. The Morgan fingerprint density at radius 1 is 1.41 bits per heavy atom. The van der Waals surface area contributed by atoms with Crippen LogP contribution in [0.4, 0.5) is 5.69 Å². The number of carboxylic acid groups (broad SMARTS) is 1. The van der Waals surface area contributed by atoms with Crippen molar-refractivity contribution in [2.45, 2.75) is 32.6 Å². The van der Waals surface area contributed by atoms with Crippen molar-refractivity contribution < 1.29 is 14.7 Å². The molecule has 4 nitrogen and oxygen atoms in total. The maximum Gasteiger partial charge on any atom is 0.306 e. The van der Waals surface area contributed by atoms with E-state index in [4.69, 9.17) is 11.6 Å². The molecule has 0 aromatic heterocycles. The number of anilines is 1. The van der Waals surface area contributed by atoms with E-state index in [2.05, 4.69) is 0 Å². The fraction of sp³-hybridized carbons (Fsp3) is 0.500. The van der Waals surface area contributed by atoms with Gasteiger partial charge in [-0.15, -0.1) is 12.4 Å². The average molecular weight is 346 g/mol. The van der Waals surface area contributed by atoms with Gasteiger partial charge in [-0.3, -0.25) is 9.59 Å². The van der Waals surface area contributed by atoms with Gasteiger partial charge in [-0.1, -0.05) is 31.4 Å². The van der Waals surface area contributed by atoms with Crippen molar-refractivity contribution in [3.05, 3.63) is 29.3 Å². The summed E-state index contributed by atoms with van der Waals surface area (Å²) >= 11 is 5.85. The standard InChI is InChI=1S/C16H20ClNO3.ClH/c1-2-3-4-14(16(20)21)11-9-15(19)18(10-11)13-7-5-12(17)6-8-13;/h5-8,11,14H,2-4,9-10H2,1H3,(H,20,21);1H. The average Bonchev–Trinajstić information content (AvgIpc) is 2.81. The van der Waals surface area contributed by atoms with Gasteiger partial charge in [0.25, 0.3) is 0 Å². The number of carbonyl (C=O) groups excluding carboxylic acids is 1. The van der Waals surface area contributed by atoms with Gasteiger partial charge in [0.1, 0.15) is 0 Å². The van der Waals surface area contributed by atoms with Gasteiger partial charge >= 0.3 is 5.97 Å². The summed E-state index contributed by atoms with van der Waals surface area (Å²) in [7, 11) is 0. The van der Waals surface area contributed by atoms with Crippen molar-refractivity contribution in [1.29, 1.82) is 0 Å². The Labute approximate surface area is 141 Å². The summed E-state index contributed by atoms with van der Waals surface area (Å²) < 4.78 is 0. The molecule has 6 heteroatoms. The Kier molecular flexibility index (Phi) is 7.17. The highest BCUT2D eigenvalue weighted by atomic mass is 35.5. The molecular weight excluding hydrogens is 325 g/mol. The minimum absolute atomic E-state index is 0.